The van der Waals surface area contributed by atoms with Crippen molar-refractivity contribution >= 4 is 40.7 Å². The van der Waals surface area contributed by atoms with Crippen molar-refractivity contribution in [2.45, 2.75) is 0 Å². The van der Waals surface area contributed by atoms with E-state index in [1.54, 1.807) is 36.5 Å². The Labute approximate surface area is 167 Å². The Kier molecular flexibility index (Phi) is 5.15. The molecule has 0 radical (unpaired) electrons. The second-order valence-corrected chi connectivity index (χ2v) is 7.05. The van der Waals surface area contributed by atoms with Gasteiger partial charge in [0.25, 0.3) is 5.91 Å². The van der Waals surface area contributed by atoms with Gasteiger partial charge in [-0.2, -0.15) is 0 Å². The summed E-state index contributed by atoms with van der Waals surface area (Å²) in [4.78, 5) is 41.2. The number of Topliss-reactive ketones (excluding diaryl/α,β-unsaturated/α-hetero) is 1. The number of ketones is 1. The molecule has 9 heteroatoms. The molecule has 3 amide bonds. The molecule has 0 unspecified atom stereocenters. The highest BCUT2D eigenvalue weighted by atomic mass is 16.2. The van der Waals surface area contributed by atoms with Crippen LogP contribution in [0.2, 0.25) is 0 Å². The van der Waals surface area contributed by atoms with Gasteiger partial charge in [0.2, 0.25) is 0 Å². The fourth-order valence-electron chi connectivity index (χ4n) is 3.53. The average Bonchev–Trinajstić information content (AvgIpc) is 3.28. The third-order valence-electron chi connectivity index (χ3n) is 4.97. The summed E-state index contributed by atoms with van der Waals surface area (Å²) in [6.07, 6.45) is 3.35. The zero-order valence-electron chi connectivity index (χ0n) is 15.7. The molecule has 0 bridgehead atoms. The predicted molar refractivity (Wildman–Crippen MR) is 111 cm³/mol. The van der Waals surface area contributed by atoms with E-state index in [2.05, 4.69) is 25.8 Å². The van der Waals surface area contributed by atoms with Crippen molar-refractivity contribution < 1.29 is 14.4 Å². The van der Waals surface area contributed by atoms with Crippen molar-refractivity contribution in [1.29, 1.82) is 0 Å². The van der Waals surface area contributed by atoms with Crippen molar-refractivity contribution in [3.05, 3.63) is 47.3 Å². The summed E-state index contributed by atoms with van der Waals surface area (Å²) < 4.78 is 0. The number of amides is 3. The Hall–Kier alpha value is -3.43. The molecule has 1 fully saturated rings. The van der Waals surface area contributed by atoms with Crippen LogP contribution >= 0.6 is 0 Å². The number of hydrogen-bond donors (Lipinski definition) is 5. The lowest BCUT2D eigenvalue weighted by molar-refractivity contribution is -0.110. The van der Waals surface area contributed by atoms with Crippen LogP contribution in [0.15, 0.2) is 30.5 Å². The number of piperazine rings is 1. The molecule has 0 aliphatic carbocycles. The fourth-order valence-corrected chi connectivity index (χ4v) is 3.53. The maximum absolute atomic E-state index is 12.5. The first-order chi connectivity index (χ1) is 14.0. The lowest BCUT2D eigenvalue weighted by Gasteiger charge is -2.26. The SMILES string of the molecule is NC(=O)Nc1ccc2c(c1)C(=Cc1cc(C(=O)CN3CCNCC3)c[nH]1)C(=O)N2. The highest BCUT2D eigenvalue weighted by molar-refractivity contribution is 6.35. The summed E-state index contributed by atoms with van der Waals surface area (Å²) in [6, 6.07) is 6.12. The molecule has 1 saturated heterocycles. The lowest BCUT2D eigenvalue weighted by atomic mass is 10.0. The van der Waals surface area contributed by atoms with Crippen LogP contribution in [0.4, 0.5) is 16.2 Å². The number of nitrogens with two attached hydrogens (primary N) is 1. The highest BCUT2D eigenvalue weighted by Gasteiger charge is 2.25. The van der Waals surface area contributed by atoms with Gasteiger partial charge in [0, 0.05) is 60.6 Å². The molecule has 2 aliphatic heterocycles. The first kappa shape index (κ1) is 18.9. The summed E-state index contributed by atoms with van der Waals surface area (Å²) >= 11 is 0. The molecule has 2 aromatic rings. The molecule has 29 heavy (non-hydrogen) atoms. The van der Waals surface area contributed by atoms with Gasteiger partial charge in [-0.15, -0.1) is 0 Å². The Bertz CT molecular complexity index is 1000. The topological polar surface area (TPSA) is 132 Å². The molecule has 0 spiro atoms. The van der Waals surface area contributed by atoms with E-state index < -0.39 is 6.03 Å². The first-order valence-corrected chi connectivity index (χ1v) is 9.38. The molecule has 4 rings (SSSR count). The third kappa shape index (κ3) is 4.20. The maximum Gasteiger partial charge on any atom is 0.316 e. The summed E-state index contributed by atoms with van der Waals surface area (Å²) in [5.41, 5.74) is 8.64. The fraction of sp³-hybridized carbons (Fsp3) is 0.250. The van der Waals surface area contributed by atoms with Crippen LogP contribution in [0.1, 0.15) is 21.6 Å². The molecule has 0 saturated carbocycles. The molecular formula is C20H22N6O3. The van der Waals surface area contributed by atoms with Crippen LogP contribution in [0.5, 0.6) is 0 Å². The van der Waals surface area contributed by atoms with E-state index in [0.29, 0.717) is 40.3 Å². The maximum atomic E-state index is 12.5. The van der Waals surface area contributed by atoms with Crippen molar-refractivity contribution in [2.75, 3.05) is 43.4 Å². The number of carbonyl (C=O) groups excluding carboxylic acids is 3. The van der Waals surface area contributed by atoms with Gasteiger partial charge in [-0.1, -0.05) is 0 Å². The summed E-state index contributed by atoms with van der Waals surface area (Å²) in [7, 11) is 0. The van der Waals surface area contributed by atoms with Gasteiger partial charge in [0.1, 0.15) is 0 Å². The van der Waals surface area contributed by atoms with Gasteiger partial charge in [-0.05, 0) is 30.3 Å². The standard InChI is InChI=1S/C20H22N6O3/c21-20(29)24-13-1-2-17-15(8-13)16(19(28)25-17)9-14-7-12(10-23-14)18(27)11-26-5-3-22-4-6-26/h1-2,7-10,22-23H,3-6,11H2,(H,25,28)(H3,21,24,29). The Morgan fingerprint density at radius 3 is 2.76 bits per heavy atom. The zero-order chi connectivity index (χ0) is 20.4. The summed E-state index contributed by atoms with van der Waals surface area (Å²) in [5.74, 6) is -0.212. The van der Waals surface area contributed by atoms with Crippen molar-refractivity contribution in [2.24, 2.45) is 5.73 Å². The smallest absolute Gasteiger partial charge is 0.316 e. The van der Waals surface area contributed by atoms with Crippen LogP contribution < -0.4 is 21.7 Å². The van der Waals surface area contributed by atoms with Gasteiger partial charge in [-0.25, -0.2) is 4.79 Å². The molecule has 3 heterocycles. The van der Waals surface area contributed by atoms with Crippen LogP contribution in [0, 0.1) is 0 Å². The molecular weight excluding hydrogens is 372 g/mol. The molecule has 2 aliphatic rings. The minimum absolute atomic E-state index is 0.0389. The van der Waals surface area contributed by atoms with E-state index in [-0.39, 0.29) is 11.7 Å². The molecule has 150 valence electrons. The average molecular weight is 394 g/mol. The normalized spacial score (nSPS) is 17.8. The lowest BCUT2D eigenvalue weighted by Crippen LogP contribution is -2.45. The summed E-state index contributed by atoms with van der Waals surface area (Å²) in [5, 5.41) is 8.55. The van der Waals surface area contributed by atoms with Crippen molar-refractivity contribution in [1.82, 2.24) is 15.2 Å². The largest absolute Gasteiger partial charge is 0.361 e. The highest BCUT2D eigenvalue weighted by Crippen LogP contribution is 2.35. The quantitative estimate of drug-likeness (QED) is 0.382. The molecule has 1 aromatic carbocycles. The van der Waals surface area contributed by atoms with Gasteiger partial charge in [-0.3, -0.25) is 14.5 Å². The second-order valence-electron chi connectivity index (χ2n) is 7.05. The number of fused-ring (bicyclic) bond motifs is 1. The monoisotopic (exact) mass is 394 g/mol. The molecule has 0 atom stereocenters. The predicted octanol–water partition coefficient (Wildman–Crippen LogP) is 1.09. The van der Waals surface area contributed by atoms with Gasteiger partial charge < -0.3 is 26.7 Å². The number of nitrogens with zero attached hydrogens (tertiary/aromatic N) is 1. The first-order valence-electron chi connectivity index (χ1n) is 9.38. The van der Waals surface area contributed by atoms with E-state index >= 15 is 0 Å². The van der Waals surface area contributed by atoms with Gasteiger partial charge >= 0.3 is 6.03 Å². The van der Waals surface area contributed by atoms with Gasteiger partial charge in [0.05, 0.1) is 12.1 Å². The van der Waals surface area contributed by atoms with Crippen LogP contribution in [-0.2, 0) is 4.79 Å². The minimum Gasteiger partial charge on any atom is -0.361 e. The van der Waals surface area contributed by atoms with Crippen LogP contribution in [0.3, 0.4) is 0 Å². The van der Waals surface area contributed by atoms with E-state index in [9.17, 15) is 14.4 Å². The number of aromatic nitrogens is 1. The Balaban J connectivity index is 1.54. The number of nitrogens with one attached hydrogen (secondary N) is 4. The molecule has 6 N–H and O–H groups in total. The molecule has 1 aromatic heterocycles. The van der Waals surface area contributed by atoms with E-state index in [0.717, 1.165) is 26.2 Å². The third-order valence-corrected chi connectivity index (χ3v) is 4.97. The van der Waals surface area contributed by atoms with E-state index in [1.165, 1.54) is 0 Å². The number of carbonyl (C=O) groups is 3. The van der Waals surface area contributed by atoms with Gasteiger partial charge in [0.15, 0.2) is 5.78 Å². The van der Waals surface area contributed by atoms with E-state index in [4.69, 9.17) is 5.73 Å². The minimum atomic E-state index is -0.676. The zero-order valence-corrected chi connectivity index (χ0v) is 15.7. The number of aromatic amines is 1. The van der Waals surface area contributed by atoms with E-state index in [1.807, 2.05) is 0 Å². The number of benzene rings is 1. The van der Waals surface area contributed by atoms with Crippen LogP contribution in [0.25, 0.3) is 11.6 Å². The molecule has 9 nitrogen and oxygen atoms in total. The Morgan fingerprint density at radius 2 is 2.00 bits per heavy atom. The number of rotatable bonds is 5. The van der Waals surface area contributed by atoms with Crippen molar-refractivity contribution in [3.63, 3.8) is 0 Å². The number of H-pyrrole nitrogens is 1. The summed E-state index contributed by atoms with van der Waals surface area (Å²) in [6.45, 7) is 3.86. The second kappa shape index (κ2) is 7.90. The number of anilines is 2. The number of hydrogen-bond acceptors (Lipinski definition) is 5. The van der Waals surface area contributed by atoms with Crippen LogP contribution in [-0.4, -0.2) is 60.3 Å². The Morgan fingerprint density at radius 1 is 1.21 bits per heavy atom. The number of primary amides is 1. The van der Waals surface area contributed by atoms with Crippen molar-refractivity contribution in [3.8, 4) is 0 Å². The number of urea groups is 1.